The molecular formula is C23H25FN2O3. The Hall–Kier alpha value is -2.89. The Balaban J connectivity index is 1.52. The topological polar surface area (TPSA) is 58.6 Å². The maximum atomic E-state index is 13.0. The molecule has 4 rings (SSSR count). The van der Waals surface area contributed by atoms with Gasteiger partial charge in [-0.15, -0.1) is 0 Å². The first-order chi connectivity index (χ1) is 14.1. The van der Waals surface area contributed by atoms with E-state index in [1.807, 2.05) is 18.2 Å². The van der Waals surface area contributed by atoms with Crippen LogP contribution in [0.15, 0.2) is 54.6 Å². The average molecular weight is 396 g/mol. The number of carbonyl (C=O) groups is 2. The van der Waals surface area contributed by atoms with Crippen LogP contribution in [-0.4, -0.2) is 41.9 Å². The van der Waals surface area contributed by atoms with E-state index in [1.165, 1.54) is 24.3 Å². The Morgan fingerprint density at radius 1 is 1.14 bits per heavy atom. The molecule has 6 heteroatoms. The van der Waals surface area contributed by atoms with Crippen molar-refractivity contribution in [3.05, 3.63) is 66.0 Å². The summed E-state index contributed by atoms with van der Waals surface area (Å²) in [6, 6.07) is 15.7. The highest BCUT2D eigenvalue weighted by molar-refractivity contribution is 5.80. The van der Waals surface area contributed by atoms with E-state index < -0.39 is 5.54 Å². The molecule has 2 amide bonds. The molecule has 152 valence electrons. The van der Waals surface area contributed by atoms with Gasteiger partial charge in [0, 0.05) is 25.4 Å². The number of hydrogen-bond acceptors (Lipinski definition) is 3. The maximum absolute atomic E-state index is 13.0. The van der Waals surface area contributed by atoms with Crippen molar-refractivity contribution >= 4 is 11.8 Å². The van der Waals surface area contributed by atoms with Gasteiger partial charge in [0.1, 0.15) is 11.6 Å². The molecule has 1 N–H and O–H groups in total. The number of rotatable bonds is 4. The van der Waals surface area contributed by atoms with Gasteiger partial charge in [0.15, 0.2) is 6.61 Å². The van der Waals surface area contributed by atoms with Gasteiger partial charge in [-0.3, -0.25) is 9.59 Å². The zero-order valence-corrected chi connectivity index (χ0v) is 16.3. The van der Waals surface area contributed by atoms with E-state index in [-0.39, 0.29) is 30.2 Å². The lowest BCUT2D eigenvalue weighted by Gasteiger charge is -2.34. The lowest BCUT2D eigenvalue weighted by Crippen LogP contribution is -2.53. The van der Waals surface area contributed by atoms with Gasteiger partial charge < -0.3 is 15.0 Å². The Kier molecular flexibility index (Phi) is 5.51. The molecule has 2 aliphatic heterocycles. The molecule has 0 radical (unpaired) electrons. The van der Waals surface area contributed by atoms with Crippen molar-refractivity contribution in [2.75, 3.05) is 19.7 Å². The third-order valence-electron chi connectivity index (χ3n) is 5.94. The van der Waals surface area contributed by atoms with E-state index in [0.717, 1.165) is 24.8 Å². The summed E-state index contributed by atoms with van der Waals surface area (Å²) in [5.41, 5.74) is 0.685. The average Bonchev–Trinajstić information content (AvgIpc) is 2.99. The first-order valence-electron chi connectivity index (χ1n) is 10.1. The van der Waals surface area contributed by atoms with Crippen molar-refractivity contribution in [1.82, 2.24) is 10.2 Å². The smallest absolute Gasteiger partial charge is 0.260 e. The predicted molar refractivity (Wildman–Crippen MR) is 107 cm³/mol. The van der Waals surface area contributed by atoms with Crippen molar-refractivity contribution < 1.29 is 18.7 Å². The molecule has 2 atom stereocenters. The van der Waals surface area contributed by atoms with Crippen LogP contribution in [0.3, 0.4) is 0 Å². The highest BCUT2D eigenvalue weighted by Crippen LogP contribution is 2.40. The summed E-state index contributed by atoms with van der Waals surface area (Å²) < 4.78 is 18.6. The molecule has 2 aromatic rings. The summed E-state index contributed by atoms with van der Waals surface area (Å²) in [6.45, 7) is 0.900. The van der Waals surface area contributed by atoms with E-state index in [0.29, 0.717) is 25.3 Å². The van der Waals surface area contributed by atoms with Crippen LogP contribution >= 0.6 is 0 Å². The van der Waals surface area contributed by atoms with E-state index in [2.05, 4.69) is 17.4 Å². The Labute approximate surface area is 169 Å². The fourth-order valence-electron chi connectivity index (χ4n) is 4.49. The van der Waals surface area contributed by atoms with Gasteiger partial charge in [-0.25, -0.2) is 4.39 Å². The molecular weight excluding hydrogens is 371 g/mol. The van der Waals surface area contributed by atoms with Gasteiger partial charge in [0.25, 0.3) is 5.91 Å². The van der Waals surface area contributed by atoms with Crippen LogP contribution in [0.4, 0.5) is 4.39 Å². The first kappa shape index (κ1) is 19.4. The minimum absolute atomic E-state index is 0.0421. The molecule has 0 saturated carbocycles. The maximum Gasteiger partial charge on any atom is 0.260 e. The number of nitrogens with zero attached hydrogens (tertiary/aromatic N) is 1. The Morgan fingerprint density at radius 3 is 2.66 bits per heavy atom. The number of halogens is 1. The summed E-state index contributed by atoms with van der Waals surface area (Å²) in [4.78, 5) is 27.0. The SMILES string of the molecule is O=C1CCCC[C@]2(CN(C(=O)COc3ccc(F)cc3)C[C@H]2c2ccccc2)N1. The molecule has 0 bridgehead atoms. The van der Waals surface area contributed by atoms with Crippen LogP contribution in [0, 0.1) is 5.82 Å². The largest absolute Gasteiger partial charge is 0.484 e. The number of hydrogen-bond donors (Lipinski definition) is 1. The van der Waals surface area contributed by atoms with Crippen LogP contribution in [0.5, 0.6) is 5.75 Å². The third kappa shape index (κ3) is 4.26. The van der Waals surface area contributed by atoms with E-state index >= 15 is 0 Å². The second-order valence-electron chi connectivity index (χ2n) is 7.89. The number of carbonyl (C=O) groups excluding carboxylic acids is 2. The van der Waals surface area contributed by atoms with Crippen molar-refractivity contribution in [2.24, 2.45) is 0 Å². The minimum atomic E-state index is -0.444. The van der Waals surface area contributed by atoms with Crippen LogP contribution in [0.2, 0.25) is 0 Å². The quantitative estimate of drug-likeness (QED) is 0.863. The van der Waals surface area contributed by atoms with E-state index in [9.17, 15) is 14.0 Å². The van der Waals surface area contributed by atoms with Crippen molar-refractivity contribution in [1.29, 1.82) is 0 Å². The first-order valence-corrected chi connectivity index (χ1v) is 10.1. The highest BCUT2D eigenvalue weighted by Gasteiger charge is 2.49. The molecule has 2 aromatic carbocycles. The standard InChI is InChI=1S/C23H25FN2O3/c24-18-9-11-19(12-10-18)29-15-22(28)26-14-20(17-6-2-1-3-7-17)23(16-26)13-5-4-8-21(27)25-23/h1-3,6-7,9-12,20H,4-5,8,13-16H2,(H,25,27)/t20-,23+/m0/s1. The molecule has 0 aliphatic carbocycles. The number of amides is 2. The molecule has 0 aromatic heterocycles. The van der Waals surface area contributed by atoms with Gasteiger partial charge in [0.05, 0.1) is 5.54 Å². The summed E-state index contributed by atoms with van der Waals surface area (Å²) in [6.07, 6.45) is 3.21. The highest BCUT2D eigenvalue weighted by atomic mass is 19.1. The number of likely N-dealkylation sites (tertiary alicyclic amines) is 1. The molecule has 2 aliphatic rings. The molecule has 0 unspecified atom stereocenters. The number of nitrogens with one attached hydrogen (secondary N) is 1. The van der Waals surface area contributed by atoms with E-state index in [4.69, 9.17) is 4.74 Å². The monoisotopic (exact) mass is 396 g/mol. The van der Waals surface area contributed by atoms with Crippen molar-refractivity contribution in [3.63, 3.8) is 0 Å². The molecule has 5 nitrogen and oxygen atoms in total. The molecule has 2 heterocycles. The van der Waals surface area contributed by atoms with E-state index in [1.54, 1.807) is 4.90 Å². The lowest BCUT2D eigenvalue weighted by molar-refractivity contribution is -0.133. The van der Waals surface area contributed by atoms with Gasteiger partial charge in [-0.2, -0.15) is 0 Å². The van der Waals surface area contributed by atoms with Gasteiger partial charge in [0.2, 0.25) is 5.91 Å². The fraction of sp³-hybridized carbons (Fsp3) is 0.391. The summed E-state index contributed by atoms with van der Waals surface area (Å²) >= 11 is 0. The van der Waals surface area contributed by atoms with Crippen LogP contribution in [0.1, 0.15) is 37.2 Å². The third-order valence-corrected chi connectivity index (χ3v) is 5.94. The Bertz CT molecular complexity index is 871. The Morgan fingerprint density at radius 2 is 1.90 bits per heavy atom. The van der Waals surface area contributed by atoms with Crippen molar-refractivity contribution in [2.45, 2.75) is 37.1 Å². The predicted octanol–water partition coefficient (Wildman–Crippen LogP) is 3.26. The molecule has 2 saturated heterocycles. The minimum Gasteiger partial charge on any atom is -0.484 e. The number of benzene rings is 2. The van der Waals surface area contributed by atoms with Gasteiger partial charge in [-0.05, 0) is 42.7 Å². The van der Waals surface area contributed by atoms with Gasteiger partial charge >= 0.3 is 0 Å². The summed E-state index contributed by atoms with van der Waals surface area (Å²) in [7, 11) is 0. The van der Waals surface area contributed by atoms with Gasteiger partial charge in [-0.1, -0.05) is 36.8 Å². The molecule has 2 fully saturated rings. The van der Waals surface area contributed by atoms with Crippen LogP contribution in [0.25, 0.3) is 0 Å². The molecule has 1 spiro atoms. The van der Waals surface area contributed by atoms with Crippen molar-refractivity contribution in [3.8, 4) is 5.75 Å². The van der Waals surface area contributed by atoms with Crippen LogP contribution < -0.4 is 10.1 Å². The van der Waals surface area contributed by atoms with Crippen LogP contribution in [-0.2, 0) is 9.59 Å². The summed E-state index contributed by atoms with van der Waals surface area (Å²) in [5.74, 6) is 0.0717. The zero-order valence-electron chi connectivity index (χ0n) is 16.3. The molecule has 29 heavy (non-hydrogen) atoms. The normalized spacial score (nSPS) is 24.2. The number of ether oxygens (including phenoxy) is 1. The lowest BCUT2D eigenvalue weighted by atomic mass is 9.79. The second-order valence-corrected chi connectivity index (χ2v) is 7.89. The summed E-state index contributed by atoms with van der Waals surface area (Å²) in [5, 5.41) is 3.25. The second kappa shape index (κ2) is 8.23. The zero-order chi connectivity index (χ0) is 20.3. The fourth-order valence-corrected chi connectivity index (χ4v) is 4.49.